The molecule has 0 saturated carbocycles. The molecule has 0 amide bonds. The Balaban J connectivity index is 1.54. The first-order chi connectivity index (χ1) is 14.7. The summed E-state index contributed by atoms with van der Waals surface area (Å²) in [6.45, 7) is 2.08. The number of fused-ring (bicyclic) bond motifs is 1. The monoisotopic (exact) mass is 414 g/mol. The molecule has 1 saturated heterocycles. The number of aromatic nitrogens is 2. The SMILES string of the molecule is COc1ccc(-c2nc(N3CCC3)nc3c2CCC3)cc1Sc1ccc(C#N)cc1. The van der Waals surface area contributed by atoms with E-state index >= 15 is 0 Å². The van der Waals surface area contributed by atoms with Crippen LogP contribution in [-0.4, -0.2) is 30.2 Å². The molecule has 2 aliphatic rings. The van der Waals surface area contributed by atoms with Crippen LogP contribution >= 0.6 is 11.8 Å². The van der Waals surface area contributed by atoms with Crippen LogP contribution in [0.3, 0.4) is 0 Å². The lowest BCUT2D eigenvalue weighted by Crippen LogP contribution is -2.38. The Morgan fingerprint density at radius 2 is 1.87 bits per heavy atom. The van der Waals surface area contributed by atoms with Crippen LogP contribution in [0, 0.1) is 11.3 Å². The van der Waals surface area contributed by atoms with Crippen molar-refractivity contribution in [2.24, 2.45) is 0 Å². The lowest BCUT2D eigenvalue weighted by molar-refractivity contribution is 0.405. The molecule has 5 nitrogen and oxygen atoms in total. The van der Waals surface area contributed by atoms with Gasteiger partial charge in [-0.25, -0.2) is 9.97 Å². The highest BCUT2D eigenvalue weighted by Crippen LogP contribution is 2.40. The van der Waals surface area contributed by atoms with E-state index in [0.29, 0.717) is 5.56 Å². The number of rotatable bonds is 5. The Labute approximate surface area is 180 Å². The van der Waals surface area contributed by atoms with Gasteiger partial charge >= 0.3 is 0 Å². The van der Waals surface area contributed by atoms with Gasteiger partial charge in [-0.2, -0.15) is 5.26 Å². The minimum absolute atomic E-state index is 0.662. The Morgan fingerprint density at radius 3 is 2.57 bits per heavy atom. The number of nitriles is 1. The molecule has 0 atom stereocenters. The van der Waals surface area contributed by atoms with Crippen molar-refractivity contribution in [2.75, 3.05) is 25.1 Å². The van der Waals surface area contributed by atoms with Gasteiger partial charge in [0.25, 0.3) is 0 Å². The van der Waals surface area contributed by atoms with Crippen molar-refractivity contribution in [3.05, 3.63) is 59.3 Å². The average molecular weight is 415 g/mol. The van der Waals surface area contributed by atoms with E-state index in [-0.39, 0.29) is 0 Å². The van der Waals surface area contributed by atoms with Gasteiger partial charge in [0, 0.05) is 34.8 Å². The molecule has 0 bridgehead atoms. The van der Waals surface area contributed by atoms with Crippen LogP contribution in [0.15, 0.2) is 52.3 Å². The van der Waals surface area contributed by atoms with Gasteiger partial charge in [-0.1, -0.05) is 11.8 Å². The number of nitrogens with zero attached hydrogens (tertiary/aromatic N) is 4. The summed E-state index contributed by atoms with van der Waals surface area (Å²) in [5.74, 6) is 1.70. The highest BCUT2D eigenvalue weighted by Gasteiger charge is 2.25. The lowest BCUT2D eigenvalue weighted by Gasteiger charge is -2.31. The number of aryl methyl sites for hydroxylation is 1. The lowest BCUT2D eigenvalue weighted by atomic mass is 10.0. The highest BCUT2D eigenvalue weighted by molar-refractivity contribution is 7.99. The molecule has 2 aromatic carbocycles. The van der Waals surface area contributed by atoms with Crippen LogP contribution in [0.4, 0.5) is 5.95 Å². The fourth-order valence-electron chi connectivity index (χ4n) is 3.94. The zero-order chi connectivity index (χ0) is 20.5. The molecule has 1 fully saturated rings. The normalized spacial score (nSPS) is 14.7. The molecule has 1 aliphatic heterocycles. The summed E-state index contributed by atoms with van der Waals surface area (Å²) in [5, 5.41) is 9.03. The van der Waals surface area contributed by atoms with Gasteiger partial charge in [-0.15, -0.1) is 0 Å². The topological polar surface area (TPSA) is 62.0 Å². The maximum absolute atomic E-state index is 9.03. The number of ether oxygens (including phenoxy) is 1. The van der Waals surface area contributed by atoms with Crippen molar-refractivity contribution in [1.82, 2.24) is 9.97 Å². The van der Waals surface area contributed by atoms with E-state index in [2.05, 4.69) is 23.1 Å². The molecule has 0 N–H and O–H groups in total. The standard InChI is InChI=1S/C24H22N4OS/c1-29-21-11-8-17(14-22(21)30-18-9-6-16(15-25)7-10-18)23-19-4-2-5-20(19)26-24(27-23)28-12-3-13-28/h6-11,14H,2-5,12-13H2,1H3. The molecule has 6 heteroatoms. The molecule has 1 aromatic heterocycles. The van der Waals surface area contributed by atoms with Gasteiger partial charge in [0.2, 0.25) is 5.95 Å². The third-order valence-corrected chi connectivity index (χ3v) is 6.76. The molecule has 3 aromatic rings. The number of methoxy groups -OCH3 is 1. The molecule has 5 rings (SSSR count). The van der Waals surface area contributed by atoms with E-state index in [1.165, 1.54) is 17.7 Å². The van der Waals surface area contributed by atoms with Crippen molar-refractivity contribution in [3.8, 4) is 23.1 Å². The predicted molar refractivity (Wildman–Crippen MR) is 118 cm³/mol. The Morgan fingerprint density at radius 1 is 1.03 bits per heavy atom. The maximum Gasteiger partial charge on any atom is 0.226 e. The van der Waals surface area contributed by atoms with Crippen molar-refractivity contribution in [1.29, 1.82) is 5.26 Å². The molecule has 1 aliphatic carbocycles. The third-order valence-electron chi connectivity index (χ3n) is 5.71. The van der Waals surface area contributed by atoms with Crippen molar-refractivity contribution < 1.29 is 4.74 Å². The van der Waals surface area contributed by atoms with Gasteiger partial charge in [0.15, 0.2) is 0 Å². The largest absolute Gasteiger partial charge is 0.496 e. The van der Waals surface area contributed by atoms with Crippen LogP contribution < -0.4 is 9.64 Å². The second kappa shape index (κ2) is 8.00. The third kappa shape index (κ3) is 3.50. The van der Waals surface area contributed by atoms with Crippen molar-refractivity contribution >= 4 is 17.7 Å². The summed E-state index contributed by atoms with van der Waals surface area (Å²) in [6, 6.07) is 16.1. The molecule has 2 heterocycles. The second-order valence-electron chi connectivity index (χ2n) is 7.60. The van der Waals surface area contributed by atoms with Crippen LogP contribution in [0.1, 0.15) is 29.7 Å². The number of benzene rings is 2. The first-order valence-corrected chi connectivity index (χ1v) is 11.1. The molecule has 150 valence electrons. The smallest absolute Gasteiger partial charge is 0.226 e. The minimum Gasteiger partial charge on any atom is -0.496 e. The van der Waals surface area contributed by atoms with E-state index in [0.717, 1.165) is 65.1 Å². The van der Waals surface area contributed by atoms with E-state index in [1.54, 1.807) is 18.9 Å². The van der Waals surface area contributed by atoms with Crippen molar-refractivity contribution in [2.45, 2.75) is 35.5 Å². The molecular weight excluding hydrogens is 392 g/mol. The zero-order valence-corrected chi connectivity index (χ0v) is 17.7. The van der Waals surface area contributed by atoms with Crippen LogP contribution in [-0.2, 0) is 12.8 Å². The fourth-order valence-corrected chi connectivity index (χ4v) is 4.91. The number of hydrogen-bond donors (Lipinski definition) is 0. The van der Waals surface area contributed by atoms with Crippen LogP contribution in [0.25, 0.3) is 11.3 Å². The summed E-state index contributed by atoms with van der Waals surface area (Å²) in [6.07, 6.45) is 4.43. The van der Waals surface area contributed by atoms with Gasteiger partial charge in [-0.3, -0.25) is 0 Å². The summed E-state index contributed by atoms with van der Waals surface area (Å²) >= 11 is 1.64. The van der Waals surface area contributed by atoms with Crippen molar-refractivity contribution in [3.63, 3.8) is 0 Å². The van der Waals surface area contributed by atoms with E-state index in [9.17, 15) is 0 Å². The summed E-state index contributed by atoms with van der Waals surface area (Å²) in [5.41, 5.74) is 5.32. The quantitative estimate of drug-likeness (QED) is 0.593. The van der Waals surface area contributed by atoms with Gasteiger partial charge in [-0.05, 0) is 68.1 Å². The summed E-state index contributed by atoms with van der Waals surface area (Å²) in [7, 11) is 1.70. The molecule has 0 unspecified atom stereocenters. The van der Waals surface area contributed by atoms with E-state index < -0.39 is 0 Å². The van der Waals surface area contributed by atoms with Crippen LogP contribution in [0.2, 0.25) is 0 Å². The molecule has 30 heavy (non-hydrogen) atoms. The Hall–Kier alpha value is -3.04. The zero-order valence-electron chi connectivity index (χ0n) is 16.9. The molecule has 0 spiro atoms. The Bertz CT molecular complexity index is 1130. The average Bonchev–Trinajstić information content (AvgIpc) is 3.21. The second-order valence-corrected chi connectivity index (χ2v) is 8.71. The first-order valence-electron chi connectivity index (χ1n) is 10.3. The van der Waals surface area contributed by atoms with Crippen LogP contribution in [0.5, 0.6) is 5.75 Å². The Kier molecular flexibility index (Phi) is 5.06. The summed E-state index contributed by atoms with van der Waals surface area (Å²) < 4.78 is 5.62. The first kappa shape index (κ1) is 19.0. The molecular formula is C24H22N4OS. The molecule has 0 radical (unpaired) electrons. The van der Waals surface area contributed by atoms with E-state index in [1.807, 2.05) is 30.3 Å². The van der Waals surface area contributed by atoms with E-state index in [4.69, 9.17) is 20.0 Å². The highest BCUT2D eigenvalue weighted by atomic mass is 32.2. The predicted octanol–water partition coefficient (Wildman–Crippen LogP) is 4.87. The number of hydrogen-bond acceptors (Lipinski definition) is 6. The van der Waals surface area contributed by atoms with Gasteiger partial charge in [0.05, 0.1) is 29.3 Å². The fraction of sp³-hybridized carbons (Fsp3) is 0.292. The van der Waals surface area contributed by atoms with Gasteiger partial charge in [0.1, 0.15) is 5.75 Å². The number of anilines is 1. The minimum atomic E-state index is 0.662. The van der Waals surface area contributed by atoms with Gasteiger partial charge < -0.3 is 9.64 Å². The maximum atomic E-state index is 9.03. The summed E-state index contributed by atoms with van der Waals surface area (Å²) in [4.78, 5) is 14.2.